The van der Waals surface area contributed by atoms with Gasteiger partial charge in [0.2, 0.25) is 0 Å². The van der Waals surface area contributed by atoms with E-state index in [1.807, 2.05) is 17.9 Å². The summed E-state index contributed by atoms with van der Waals surface area (Å²) >= 11 is 1.56. The van der Waals surface area contributed by atoms with Gasteiger partial charge in [-0.25, -0.2) is 4.98 Å². The third-order valence-corrected chi connectivity index (χ3v) is 5.39. The van der Waals surface area contributed by atoms with Gasteiger partial charge < -0.3 is 10.2 Å². The number of aromatic nitrogens is 3. The summed E-state index contributed by atoms with van der Waals surface area (Å²) in [4.78, 5) is 19.8. The van der Waals surface area contributed by atoms with Crippen molar-refractivity contribution in [2.45, 2.75) is 38.6 Å². The zero-order valence-electron chi connectivity index (χ0n) is 13.1. The molecule has 0 bridgehead atoms. The monoisotopic (exact) mass is 329 g/mol. The van der Waals surface area contributed by atoms with E-state index in [1.165, 1.54) is 12.8 Å². The number of anilines is 1. The number of hydrogen-bond acceptors (Lipinski definition) is 6. The summed E-state index contributed by atoms with van der Waals surface area (Å²) in [5.74, 6) is 1.46. The fraction of sp³-hybridized carbons (Fsp3) is 0.500. The van der Waals surface area contributed by atoms with E-state index >= 15 is 0 Å². The van der Waals surface area contributed by atoms with Gasteiger partial charge in [-0.3, -0.25) is 4.79 Å². The Morgan fingerprint density at radius 1 is 1.43 bits per heavy atom. The molecule has 1 aliphatic carbocycles. The molecule has 1 aliphatic heterocycles. The van der Waals surface area contributed by atoms with Crippen LogP contribution in [0.3, 0.4) is 0 Å². The SMILES string of the molecule is CCNc1cc2c(nn1)CCN(C(=O)c1cnc(C3CC3)s1)C2. The molecule has 3 heterocycles. The molecule has 120 valence electrons. The van der Waals surface area contributed by atoms with Crippen molar-refractivity contribution in [1.29, 1.82) is 0 Å². The second-order valence-electron chi connectivity index (χ2n) is 6.05. The van der Waals surface area contributed by atoms with E-state index in [1.54, 1.807) is 17.5 Å². The summed E-state index contributed by atoms with van der Waals surface area (Å²) < 4.78 is 0. The Kier molecular flexibility index (Phi) is 3.72. The lowest BCUT2D eigenvalue weighted by molar-refractivity contribution is 0.0738. The molecule has 1 amide bonds. The van der Waals surface area contributed by atoms with Gasteiger partial charge in [-0.15, -0.1) is 16.4 Å². The van der Waals surface area contributed by atoms with Crippen molar-refractivity contribution < 1.29 is 4.79 Å². The number of hydrogen-bond donors (Lipinski definition) is 1. The molecule has 1 N–H and O–H groups in total. The van der Waals surface area contributed by atoms with Gasteiger partial charge in [-0.2, -0.15) is 5.10 Å². The number of amides is 1. The second-order valence-corrected chi connectivity index (χ2v) is 7.11. The van der Waals surface area contributed by atoms with Gasteiger partial charge in [0.25, 0.3) is 5.91 Å². The Morgan fingerprint density at radius 3 is 3.09 bits per heavy atom. The minimum Gasteiger partial charge on any atom is -0.369 e. The Bertz CT molecular complexity index is 740. The maximum absolute atomic E-state index is 12.7. The number of thiazole rings is 1. The molecule has 2 aromatic heterocycles. The first-order valence-corrected chi connectivity index (χ1v) is 8.90. The number of carbonyl (C=O) groups is 1. The fourth-order valence-electron chi connectivity index (χ4n) is 2.83. The van der Waals surface area contributed by atoms with Crippen LogP contribution in [-0.4, -0.2) is 39.1 Å². The van der Waals surface area contributed by atoms with Gasteiger partial charge in [0, 0.05) is 32.0 Å². The third kappa shape index (κ3) is 2.93. The largest absolute Gasteiger partial charge is 0.369 e. The van der Waals surface area contributed by atoms with Crippen molar-refractivity contribution in [2.24, 2.45) is 0 Å². The van der Waals surface area contributed by atoms with Crippen LogP contribution >= 0.6 is 11.3 Å². The van der Waals surface area contributed by atoms with Crippen LogP contribution in [0.1, 0.15) is 51.6 Å². The molecule has 0 atom stereocenters. The van der Waals surface area contributed by atoms with Crippen molar-refractivity contribution >= 4 is 23.1 Å². The van der Waals surface area contributed by atoms with Gasteiger partial charge in [-0.1, -0.05) is 0 Å². The molecule has 0 radical (unpaired) electrons. The summed E-state index contributed by atoms with van der Waals surface area (Å²) in [7, 11) is 0. The first-order chi connectivity index (χ1) is 11.2. The molecule has 2 aliphatic rings. The van der Waals surface area contributed by atoms with Crippen LogP contribution in [-0.2, 0) is 13.0 Å². The maximum atomic E-state index is 12.7. The smallest absolute Gasteiger partial charge is 0.265 e. The van der Waals surface area contributed by atoms with Crippen LogP contribution in [0, 0.1) is 0 Å². The zero-order chi connectivity index (χ0) is 15.8. The minimum absolute atomic E-state index is 0.0851. The van der Waals surface area contributed by atoms with E-state index in [9.17, 15) is 4.79 Å². The lowest BCUT2D eigenvalue weighted by Gasteiger charge is -2.27. The Balaban J connectivity index is 1.51. The van der Waals surface area contributed by atoms with Crippen LogP contribution in [0.25, 0.3) is 0 Å². The highest BCUT2D eigenvalue weighted by atomic mass is 32.1. The Morgan fingerprint density at radius 2 is 2.30 bits per heavy atom. The number of rotatable bonds is 4. The van der Waals surface area contributed by atoms with Crippen molar-refractivity contribution in [1.82, 2.24) is 20.1 Å². The predicted molar refractivity (Wildman–Crippen MR) is 88.7 cm³/mol. The van der Waals surface area contributed by atoms with E-state index < -0.39 is 0 Å². The highest BCUT2D eigenvalue weighted by molar-refractivity contribution is 7.13. The van der Waals surface area contributed by atoms with E-state index in [0.29, 0.717) is 19.0 Å². The zero-order valence-corrected chi connectivity index (χ0v) is 13.9. The molecule has 0 saturated heterocycles. The molecule has 0 unspecified atom stereocenters. The molecule has 0 spiro atoms. The standard InChI is InChI=1S/C16H19N5OS/c1-2-17-14-7-11-9-21(6-5-12(11)19-20-14)16(22)13-8-18-15(23-13)10-3-4-10/h7-8,10H,2-6,9H2,1H3,(H,17,20). The lowest BCUT2D eigenvalue weighted by Crippen LogP contribution is -2.36. The molecule has 6 nitrogen and oxygen atoms in total. The van der Waals surface area contributed by atoms with Crippen molar-refractivity contribution in [3.63, 3.8) is 0 Å². The minimum atomic E-state index is 0.0851. The van der Waals surface area contributed by atoms with Crippen LogP contribution in [0.5, 0.6) is 0 Å². The van der Waals surface area contributed by atoms with Crippen LogP contribution < -0.4 is 5.32 Å². The first kappa shape index (κ1) is 14.6. The molecule has 7 heteroatoms. The number of nitrogens with one attached hydrogen (secondary N) is 1. The summed E-state index contributed by atoms with van der Waals surface area (Å²) in [6.45, 7) is 4.12. The molecule has 4 rings (SSSR count). The van der Waals surface area contributed by atoms with Crippen molar-refractivity contribution in [2.75, 3.05) is 18.4 Å². The molecule has 1 saturated carbocycles. The summed E-state index contributed by atoms with van der Waals surface area (Å²) in [6.07, 6.45) is 4.92. The van der Waals surface area contributed by atoms with E-state index in [0.717, 1.165) is 39.9 Å². The van der Waals surface area contributed by atoms with E-state index in [-0.39, 0.29) is 5.91 Å². The average Bonchev–Trinajstić information content (AvgIpc) is 3.31. The number of carbonyl (C=O) groups excluding carboxylic acids is 1. The molecular formula is C16H19N5OS. The van der Waals surface area contributed by atoms with Crippen LogP contribution in [0.15, 0.2) is 12.3 Å². The highest BCUT2D eigenvalue weighted by Crippen LogP contribution is 2.42. The van der Waals surface area contributed by atoms with Gasteiger partial charge in [0.1, 0.15) is 10.7 Å². The van der Waals surface area contributed by atoms with Gasteiger partial charge in [-0.05, 0) is 31.4 Å². The first-order valence-electron chi connectivity index (χ1n) is 8.09. The Labute approximate surface area is 139 Å². The Hall–Kier alpha value is -2.02. The average molecular weight is 329 g/mol. The van der Waals surface area contributed by atoms with Gasteiger partial charge in [0.05, 0.1) is 16.9 Å². The molecule has 0 aromatic carbocycles. The predicted octanol–water partition coefficient (Wildman–Crippen LogP) is 2.44. The van der Waals surface area contributed by atoms with Crippen LogP contribution in [0.2, 0.25) is 0 Å². The molecule has 1 fully saturated rings. The van der Waals surface area contributed by atoms with Crippen molar-refractivity contribution in [3.05, 3.63) is 33.4 Å². The fourth-order valence-corrected chi connectivity index (χ4v) is 3.89. The van der Waals surface area contributed by atoms with E-state index in [2.05, 4.69) is 20.5 Å². The summed E-state index contributed by atoms with van der Waals surface area (Å²) in [5, 5.41) is 12.7. The lowest BCUT2D eigenvalue weighted by atomic mass is 10.1. The van der Waals surface area contributed by atoms with E-state index in [4.69, 9.17) is 0 Å². The highest BCUT2D eigenvalue weighted by Gasteiger charge is 2.29. The molecule has 23 heavy (non-hydrogen) atoms. The summed E-state index contributed by atoms with van der Waals surface area (Å²) in [5.41, 5.74) is 2.08. The molecule has 2 aromatic rings. The number of nitrogens with zero attached hydrogens (tertiary/aromatic N) is 4. The van der Waals surface area contributed by atoms with Crippen LogP contribution in [0.4, 0.5) is 5.82 Å². The number of fused-ring (bicyclic) bond motifs is 1. The topological polar surface area (TPSA) is 71.0 Å². The molecular weight excluding hydrogens is 310 g/mol. The third-order valence-electron chi connectivity index (χ3n) is 4.25. The van der Waals surface area contributed by atoms with Crippen molar-refractivity contribution in [3.8, 4) is 0 Å². The second kappa shape index (κ2) is 5.88. The normalized spacial score (nSPS) is 17.0. The summed E-state index contributed by atoms with van der Waals surface area (Å²) in [6, 6.07) is 2.01. The van der Waals surface area contributed by atoms with Gasteiger partial charge >= 0.3 is 0 Å². The maximum Gasteiger partial charge on any atom is 0.265 e. The quantitative estimate of drug-likeness (QED) is 0.933. The van der Waals surface area contributed by atoms with Gasteiger partial charge in [0.15, 0.2) is 0 Å².